The molecule has 0 N–H and O–H groups in total. The summed E-state index contributed by atoms with van der Waals surface area (Å²) in [4.78, 5) is 6.11. The average Bonchev–Trinajstić information content (AvgIpc) is 2.47. The minimum absolute atomic E-state index is 0.507. The van der Waals surface area contributed by atoms with E-state index in [-0.39, 0.29) is 0 Å². The molecule has 0 aromatic carbocycles. The standard InChI is InChI=1S/C10H16N2/c1-4-9(8-11-2)10-6-5-7-12(10)3/h4,8,10H,1-2,5-7H2,3H3/b9-8+. The molecule has 1 aliphatic rings. The van der Waals surface area contributed by atoms with Crippen LogP contribution in [0.25, 0.3) is 0 Å². The predicted molar refractivity (Wildman–Crippen MR) is 53.5 cm³/mol. The van der Waals surface area contributed by atoms with Crippen LogP contribution in [0, 0.1) is 0 Å². The molecule has 1 fully saturated rings. The summed E-state index contributed by atoms with van der Waals surface area (Å²) in [6, 6.07) is 0.507. The van der Waals surface area contributed by atoms with Gasteiger partial charge in [0.25, 0.3) is 0 Å². The first-order valence-electron chi connectivity index (χ1n) is 4.28. The van der Waals surface area contributed by atoms with Gasteiger partial charge in [-0.25, -0.2) is 0 Å². The molecule has 66 valence electrons. The Labute approximate surface area is 74.3 Å². The van der Waals surface area contributed by atoms with Crippen LogP contribution >= 0.6 is 0 Å². The molecule has 0 aromatic rings. The Hall–Kier alpha value is -0.890. The molecule has 1 rings (SSSR count). The molecule has 1 heterocycles. The SMILES string of the molecule is C=C/C(=C\N=C)C1CCCN1C. The molecular weight excluding hydrogens is 148 g/mol. The summed E-state index contributed by atoms with van der Waals surface area (Å²) in [7, 11) is 2.14. The van der Waals surface area contributed by atoms with Crippen molar-refractivity contribution >= 4 is 6.72 Å². The van der Waals surface area contributed by atoms with Crippen molar-refractivity contribution < 1.29 is 0 Å². The molecule has 1 unspecified atom stereocenters. The zero-order valence-electron chi connectivity index (χ0n) is 7.66. The van der Waals surface area contributed by atoms with E-state index in [2.05, 4.69) is 30.2 Å². The van der Waals surface area contributed by atoms with E-state index >= 15 is 0 Å². The molecule has 0 radical (unpaired) electrons. The molecule has 1 atom stereocenters. The van der Waals surface area contributed by atoms with E-state index in [4.69, 9.17) is 0 Å². The van der Waals surface area contributed by atoms with Crippen molar-refractivity contribution in [3.63, 3.8) is 0 Å². The highest BCUT2D eigenvalue weighted by Crippen LogP contribution is 2.22. The summed E-state index contributed by atoms with van der Waals surface area (Å²) in [6.45, 7) is 8.40. The number of nitrogens with zero attached hydrogens (tertiary/aromatic N) is 2. The fraction of sp³-hybridized carbons (Fsp3) is 0.500. The Kier molecular flexibility index (Phi) is 3.23. The zero-order valence-corrected chi connectivity index (χ0v) is 7.66. The minimum Gasteiger partial charge on any atom is -0.299 e. The number of likely N-dealkylation sites (tertiary alicyclic amines) is 1. The third-order valence-electron chi connectivity index (χ3n) is 2.38. The van der Waals surface area contributed by atoms with Gasteiger partial charge in [-0.15, -0.1) is 0 Å². The molecule has 0 amide bonds. The first kappa shape index (κ1) is 9.20. The van der Waals surface area contributed by atoms with Crippen molar-refractivity contribution in [1.82, 2.24) is 4.90 Å². The van der Waals surface area contributed by atoms with E-state index in [1.165, 1.54) is 25.0 Å². The summed E-state index contributed by atoms with van der Waals surface area (Å²) in [5, 5.41) is 0. The quantitative estimate of drug-likeness (QED) is 0.459. The molecule has 0 aliphatic carbocycles. The van der Waals surface area contributed by atoms with Crippen LogP contribution in [-0.2, 0) is 0 Å². The van der Waals surface area contributed by atoms with Gasteiger partial charge in [0.1, 0.15) is 0 Å². The molecule has 2 heteroatoms. The number of hydrogen-bond donors (Lipinski definition) is 0. The highest BCUT2D eigenvalue weighted by molar-refractivity contribution is 5.30. The van der Waals surface area contributed by atoms with E-state index in [1.807, 2.05) is 6.08 Å². The Bertz CT molecular complexity index is 206. The van der Waals surface area contributed by atoms with Crippen molar-refractivity contribution in [2.24, 2.45) is 4.99 Å². The van der Waals surface area contributed by atoms with Gasteiger partial charge in [-0.05, 0) is 38.7 Å². The summed E-state index contributed by atoms with van der Waals surface area (Å²) >= 11 is 0. The van der Waals surface area contributed by atoms with Crippen molar-refractivity contribution in [3.8, 4) is 0 Å². The van der Waals surface area contributed by atoms with Gasteiger partial charge in [0.05, 0.1) is 0 Å². The molecule has 0 spiro atoms. The van der Waals surface area contributed by atoms with Crippen LogP contribution in [0.4, 0.5) is 0 Å². The second-order valence-electron chi connectivity index (χ2n) is 3.15. The number of rotatable bonds is 3. The zero-order chi connectivity index (χ0) is 8.97. The van der Waals surface area contributed by atoms with Gasteiger partial charge >= 0.3 is 0 Å². The highest BCUT2D eigenvalue weighted by atomic mass is 15.1. The predicted octanol–water partition coefficient (Wildman–Crippen LogP) is 1.85. The first-order valence-corrected chi connectivity index (χ1v) is 4.28. The molecule has 0 bridgehead atoms. The molecule has 1 aliphatic heterocycles. The van der Waals surface area contributed by atoms with E-state index in [0.29, 0.717) is 6.04 Å². The van der Waals surface area contributed by atoms with Gasteiger partial charge in [0.15, 0.2) is 0 Å². The molecular formula is C10H16N2. The lowest BCUT2D eigenvalue weighted by Gasteiger charge is -2.19. The Morgan fingerprint density at radius 1 is 1.67 bits per heavy atom. The van der Waals surface area contributed by atoms with Gasteiger partial charge < -0.3 is 0 Å². The lowest BCUT2D eigenvalue weighted by molar-refractivity contribution is 0.348. The molecule has 0 saturated carbocycles. The minimum atomic E-state index is 0.507. The van der Waals surface area contributed by atoms with Gasteiger partial charge in [-0.1, -0.05) is 12.7 Å². The van der Waals surface area contributed by atoms with Crippen LogP contribution < -0.4 is 0 Å². The largest absolute Gasteiger partial charge is 0.299 e. The molecule has 1 saturated heterocycles. The van der Waals surface area contributed by atoms with Crippen molar-refractivity contribution in [1.29, 1.82) is 0 Å². The average molecular weight is 164 g/mol. The number of hydrogen-bond acceptors (Lipinski definition) is 2. The summed E-state index contributed by atoms with van der Waals surface area (Å²) < 4.78 is 0. The summed E-state index contributed by atoms with van der Waals surface area (Å²) in [5.74, 6) is 0. The Balaban J connectivity index is 2.71. The van der Waals surface area contributed by atoms with Crippen LogP contribution in [0.2, 0.25) is 0 Å². The molecule has 0 aromatic heterocycles. The van der Waals surface area contributed by atoms with Crippen molar-refractivity contribution in [2.75, 3.05) is 13.6 Å². The number of likely N-dealkylation sites (N-methyl/N-ethyl adjacent to an activating group) is 1. The Morgan fingerprint density at radius 3 is 2.83 bits per heavy atom. The lowest BCUT2D eigenvalue weighted by Crippen LogP contribution is -2.25. The molecule has 12 heavy (non-hydrogen) atoms. The van der Waals surface area contributed by atoms with Gasteiger partial charge in [-0.3, -0.25) is 9.89 Å². The smallest absolute Gasteiger partial charge is 0.0360 e. The van der Waals surface area contributed by atoms with Crippen molar-refractivity contribution in [2.45, 2.75) is 18.9 Å². The lowest BCUT2D eigenvalue weighted by atomic mass is 10.1. The monoisotopic (exact) mass is 164 g/mol. The highest BCUT2D eigenvalue weighted by Gasteiger charge is 2.22. The maximum Gasteiger partial charge on any atom is 0.0360 e. The first-order chi connectivity index (χ1) is 5.79. The van der Waals surface area contributed by atoms with Crippen LogP contribution in [0.1, 0.15) is 12.8 Å². The van der Waals surface area contributed by atoms with E-state index < -0.39 is 0 Å². The van der Waals surface area contributed by atoms with Crippen LogP contribution in [0.15, 0.2) is 29.4 Å². The third kappa shape index (κ3) is 1.83. The fourth-order valence-electron chi connectivity index (χ4n) is 1.71. The van der Waals surface area contributed by atoms with E-state index in [0.717, 1.165) is 0 Å². The second-order valence-corrected chi connectivity index (χ2v) is 3.15. The van der Waals surface area contributed by atoms with E-state index in [9.17, 15) is 0 Å². The van der Waals surface area contributed by atoms with E-state index in [1.54, 1.807) is 6.20 Å². The van der Waals surface area contributed by atoms with Gasteiger partial charge in [0.2, 0.25) is 0 Å². The van der Waals surface area contributed by atoms with Crippen molar-refractivity contribution in [3.05, 3.63) is 24.4 Å². The van der Waals surface area contributed by atoms with Crippen LogP contribution in [0.5, 0.6) is 0 Å². The normalized spacial score (nSPS) is 25.8. The Morgan fingerprint density at radius 2 is 2.42 bits per heavy atom. The van der Waals surface area contributed by atoms with Gasteiger partial charge in [-0.2, -0.15) is 0 Å². The van der Waals surface area contributed by atoms with Gasteiger partial charge in [0, 0.05) is 12.2 Å². The third-order valence-corrected chi connectivity index (χ3v) is 2.38. The maximum atomic E-state index is 3.78. The van der Waals surface area contributed by atoms with Crippen LogP contribution in [-0.4, -0.2) is 31.3 Å². The molecule has 2 nitrogen and oxygen atoms in total. The second kappa shape index (κ2) is 4.21. The van der Waals surface area contributed by atoms with Crippen LogP contribution in [0.3, 0.4) is 0 Å². The summed E-state index contributed by atoms with van der Waals surface area (Å²) in [6.07, 6.45) is 6.16. The summed E-state index contributed by atoms with van der Waals surface area (Å²) in [5.41, 5.74) is 1.19. The maximum absolute atomic E-state index is 3.78. The fourth-order valence-corrected chi connectivity index (χ4v) is 1.71. The topological polar surface area (TPSA) is 15.6 Å². The number of aliphatic imine (C=N–C) groups is 1.